The van der Waals surface area contributed by atoms with Gasteiger partial charge in [0.15, 0.2) is 11.4 Å². The van der Waals surface area contributed by atoms with E-state index in [-0.39, 0.29) is 5.78 Å². The van der Waals surface area contributed by atoms with Gasteiger partial charge in [0.25, 0.3) is 0 Å². The summed E-state index contributed by atoms with van der Waals surface area (Å²) >= 11 is 0. The Morgan fingerprint density at radius 1 is 1.80 bits per heavy atom. The van der Waals surface area contributed by atoms with Crippen molar-refractivity contribution >= 4 is 5.78 Å². The van der Waals surface area contributed by atoms with E-state index in [4.69, 9.17) is 4.74 Å². The van der Waals surface area contributed by atoms with Crippen molar-refractivity contribution in [2.45, 2.75) is 25.4 Å². The highest BCUT2D eigenvalue weighted by atomic mass is 19.1. The number of carbonyl (C=O) groups excluding carboxylic acids is 1. The molecule has 58 valence electrons. The first kappa shape index (κ1) is 7.66. The Bertz CT molecular complexity index is 139. The third kappa shape index (κ3) is 1.06. The fraction of sp³-hybridized carbons (Fsp3) is 0.857. The second kappa shape index (κ2) is 2.66. The average Bonchev–Trinajstić information content (AvgIpc) is 2.35. The molecule has 0 aliphatic carbocycles. The minimum absolute atomic E-state index is 0.187. The molecule has 1 atom stereocenters. The van der Waals surface area contributed by atoms with E-state index >= 15 is 0 Å². The molecule has 3 heteroatoms. The third-order valence-corrected chi connectivity index (χ3v) is 1.96. The lowest BCUT2D eigenvalue weighted by Crippen LogP contribution is -2.38. The summed E-state index contributed by atoms with van der Waals surface area (Å²) in [5.41, 5.74) is -1.07. The molecule has 0 N–H and O–H groups in total. The van der Waals surface area contributed by atoms with E-state index in [0.29, 0.717) is 13.0 Å². The predicted molar refractivity (Wildman–Crippen MR) is 34.6 cm³/mol. The van der Waals surface area contributed by atoms with E-state index in [9.17, 15) is 9.18 Å². The second-order valence-electron chi connectivity index (χ2n) is 2.64. The van der Waals surface area contributed by atoms with Gasteiger partial charge in [-0.15, -0.1) is 0 Å². The molecule has 1 saturated heterocycles. The van der Waals surface area contributed by atoms with Gasteiger partial charge in [-0.2, -0.15) is 0 Å². The van der Waals surface area contributed by atoms with Crippen molar-refractivity contribution < 1.29 is 13.9 Å². The van der Waals surface area contributed by atoms with E-state index in [1.54, 1.807) is 0 Å². The van der Waals surface area contributed by atoms with Crippen LogP contribution in [0.1, 0.15) is 19.8 Å². The van der Waals surface area contributed by atoms with Gasteiger partial charge in [0.05, 0.1) is 0 Å². The number of hydrogen-bond donors (Lipinski definition) is 0. The van der Waals surface area contributed by atoms with Gasteiger partial charge in [0.1, 0.15) is 6.67 Å². The molecular weight excluding hydrogens is 135 g/mol. The van der Waals surface area contributed by atoms with Crippen molar-refractivity contribution in [2.24, 2.45) is 0 Å². The molecule has 0 spiro atoms. The zero-order valence-corrected chi connectivity index (χ0v) is 6.02. The highest BCUT2D eigenvalue weighted by Gasteiger charge is 2.39. The van der Waals surface area contributed by atoms with Crippen LogP contribution < -0.4 is 0 Å². The van der Waals surface area contributed by atoms with Gasteiger partial charge < -0.3 is 4.74 Å². The van der Waals surface area contributed by atoms with Crippen LogP contribution in [0, 0.1) is 0 Å². The summed E-state index contributed by atoms with van der Waals surface area (Å²) in [5, 5.41) is 0. The molecular formula is C7H11FO2. The standard InChI is InChI=1S/C7H11FO2/c1-6(9)7(5-8)3-2-4-10-7/h2-5H2,1H3. The number of alkyl halides is 1. The lowest BCUT2D eigenvalue weighted by atomic mass is 9.98. The van der Waals surface area contributed by atoms with Crippen LogP contribution in [-0.2, 0) is 9.53 Å². The summed E-state index contributed by atoms with van der Waals surface area (Å²) in [6.07, 6.45) is 1.34. The van der Waals surface area contributed by atoms with Crippen molar-refractivity contribution in [3.8, 4) is 0 Å². The highest BCUT2D eigenvalue weighted by Crippen LogP contribution is 2.26. The molecule has 1 fully saturated rings. The summed E-state index contributed by atoms with van der Waals surface area (Å²) < 4.78 is 17.3. The van der Waals surface area contributed by atoms with Crippen LogP contribution in [0.5, 0.6) is 0 Å². The van der Waals surface area contributed by atoms with Gasteiger partial charge in [-0.1, -0.05) is 0 Å². The Hall–Kier alpha value is -0.440. The van der Waals surface area contributed by atoms with Crippen LogP contribution >= 0.6 is 0 Å². The summed E-state index contributed by atoms with van der Waals surface area (Å²) in [6.45, 7) is 1.22. The van der Waals surface area contributed by atoms with Crippen LogP contribution in [-0.4, -0.2) is 24.7 Å². The molecule has 0 aromatic carbocycles. The number of hydrogen-bond acceptors (Lipinski definition) is 2. The van der Waals surface area contributed by atoms with E-state index < -0.39 is 12.3 Å². The Morgan fingerprint density at radius 2 is 2.50 bits per heavy atom. The first-order valence-electron chi connectivity index (χ1n) is 3.42. The molecule has 1 unspecified atom stereocenters. The Kier molecular flexibility index (Phi) is 2.04. The second-order valence-corrected chi connectivity index (χ2v) is 2.64. The fourth-order valence-corrected chi connectivity index (χ4v) is 1.17. The average molecular weight is 146 g/mol. The van der Waals surface area contributed by atoms with Gasteiger partial charge >= 0.3 is 0 Å². The topological polar surface area (TPSA) is 26.3 Å². The van der Waals surface area contributed by atoms with Crippen molar-refractivity contribution in [3.63, 3.8) is 0 Å². The maximum atomic E-state index is 12.3. The fourth-order valence-electron chi connectivity index (χ4n) is 1.17. The van der Waals surface area contributed by atoms with E-state index in [1.165, 1.54) is 6.92 Å². The highest BCUT2D eigenvalue weighted by molar-refractivity contribution is 5.85. The van der Waals surface area contributed by atoms with Gasteiger partial charge in [-0.25, -0.2) is 4.39 Å². The minimum atomic E-state index is -1.07. The number of rotatable bonds is 2. The predicted octanol–water partition coefficient (Wildman–Crippen LogP) is 1.09. The van der Waals surface area contributed by atoms with Crippen molar-refractivity contribution in [2.75, 3.05) is 13.3 Å². The molecule has 0 aromatic heterocycles. The van der Waals surface area contributed by atoms with Gasteiger partial charge in [-0.05, 0) is 19.8 Å². The minimum Gasteiger partial charge on any atom is -0.364 e. The SMILES string of the molecule is CC(=O)C1(CF)CCCO1. The Labute approximate surface area is 59.4 Å². The molecule has 0 bridgehead atoms. The zero-order chi connectivity index (χ0) is 7.61. The van der Waals surface area contributed by atoms with Crippen LogP contribution in [0.15, 0.2) is 0 Å². The van der Waals surface area contributed by atoms with Gasteiger partial charge in [0.2, 0.25) is 0 Å². The van der Waals surface area contributed by atoms with E-state index in [2.05, 4.69) is 0 Å². The first-order chi connectivity index (χ1) is 4.71. The summed E-state index contributed by atoms with van der Waals surface area (Å²) in [4.78, 5) is 10.8. The number of ether oxygens (including phenoxy) is 1. The third-order valence-electron chi connectivity index (χ3n) is 1.96. The normalized spacial score (nSPS) is 32.6. The van der Waals surface area contributed by atoms with E-state index in [0.717, 1.165) is 6.42 Å². The van der Waals surface area contributed by atoms with E-state index in [1.807, 2.05) is 0 Å². The number of halogens is 1. The van der Waals surface area contributed by atoms with Crippen molar-refractivity contribution in [1.82, 2.24) is 0 Å². The van der Waals surface area contributed by atoms with Crippen molar-refractivity contribution in [3.05, 3.63) is 0 Å². The number of Topliss-reactive ketones (excluding diaryl/α,β-unsaturated/α-hetero) is 1. The number of carbonyl (C=O) groups is 1. The summed E-state index contributed by atoms with van der Waals surface area (Å²) in [6, 6.07) is 0. The molecule has 0 saturated carbocycles. The number of ketones is 1. The van der Waals surface area contributed by atoms with Gasteiger partial charge in [0, 0.05) is 6.61 Å². The Morgan fingerprint density at radius 3 is 2.70 bits per heavy atom. The van der Waals surface area contributed by atoms with Crippen LogP contribution in [0.4, 0.5) is 4.39 Å². The smallest absolute Gasteiger partial charge is 0.164 e. The molecule has 2 nitrogen and oxygen atoms in total. The van der Waals surface area contributed by atoms with Crippen LogP contribution in [0.3, 0.4) is 0 Å². The Balaban J connectivity index is 2.67. The van der Waals surface area contributed by atoms with Crippen LogP contribution in [0.2, 0.25) is 0 Å². The molecule has 1 heterocycles. The molecule has 10 heavy (non-hydrogen) atoms. The summed E-state index contributed by atoms with van der Waals surface area (Å²) in [7, 11) is 0. The van der Waals surface area contributed by atoms with Crippen molar-refractivity contribution in [1.29, 1.82) is 0 Å². The molecule has 0 amide bonds. The first-order valence-corrected chi connectivity index (χ1v) is 3.42. The zero-order valence-electron chi connectivity index (χ0n) is 6.02. The molecule has 0 aromatic rings. The molecule has 0 radical (unpaired) electrons. The van der Waals surface area contributed by atoms with Crippen LogP contribution in [0.25, 0.3) is 0 Å². The monoisotopic (exact) mass is 146 g/mol. The summed E-state index contributed by atoms with van der Waals surface area (Å²) in [5.74, 6) is -0.187. The maximum Gasteiger partial charge on any atom is 0.164 e. The molecule has 1 aliphatic heterocycles. The largest absolute Gasteiger partial charge is 0.364 e. The molecule has 1 rings (SSSR count). The van der Waals surface area contributed by atoms with Gasteiger partial charge in [-0.3, -0.25) is 4.79 Å². The lowest BCUT2D eigenvalue weighted by molar-refractivity contribution is -0.138. The molecule has 1 aliphatic rings. The maximum absolute atomic E-state index is 12.3. The lowest BCUT2D eigenvalue weighted by Gasteiger charge is -2.20. The quantitative estimate of drug-likeness (QED) is 0.583.